The van der Waals surface area contributed by atoms with Crippen molar-refractivity contribution in [3.05, 3.63) is 70.5 Å². The number of esters is 1. The predicted octanol–water partition coefficient (Wildman–Crippen LogP) is 3.98. The number of para-hydroxylation sites is 1. The third-order valence-electron chi connectivity index (χ3n) is 3.15. The zero-order chi connectivity index (χ0) is 17.5. The van der Waals surface area contributed by atoms with Crippen LogP contribution in [0.15, 0.2) is 48.5 Å². The van der Waals surface area contributed by atoms with Crippen molar-refractivity contribution in [1.82, 2.24) is 0 Å². The molecule has 24 heavy (non-hydrogen) atoms. The minimum atomic E-state index is -0.769. The molecular weight excluding hydrogens is 333 g/mol. The summed E-state index contributed by atoms with van der Waals surface area (Å²) >= 11 is 5.84. The first kappa shape index (κ1) is 17.7. The van der Waals surface area contributed by atoms with E-state index in [1.807, 2.05) is 19.1 Å². The second-order valence-electron chi connectivity index (χ2n) is 4.94. The van der Waals surface area contributed by atoms with Crippen LogP contribution in [0.3, 0.4) is 0 Å². The topological polar surface area (TPSA) is 55.4 Å². The van der Waals surface area contributed by atoms with Crippen molar-refractivity contribution in [1.29, 1.82) is 0 Å². The summed E-state index contributed by atoms with van der Waals surface area (Å²) in [6.07, 6.45) is 2.23. The highest BCUT2D eigenvalue weighted by Gasteiger charge is 2.08. The van der Waals surface area contributed by atoms with Crippen LogP contribution in [0.5, 0.6) is 0 Å². The number of hydrogen-bond acceptors (Lipinski definition) is 3. The summed E-state index contributed by atoms with van der Waals surface area (Å²) in [6, 6.07) is 11.4. The number of aryl methyl sites for hydroxylation is 1. The van der Waals surface area contributed by atoms with E-state index in [9.17, 15) is 14.0 Å². The molecule has 0 aliphatic heterocycles. The Hall–Kier alpha value is -2.66. The van der Waals surface area contributed by atoms with Crippen LogP contribution in [0, 0.1) is 12.7 Å². The van der Waals surface area contributed by atoms with Gasteiger partial charge in [-0.15, -0.1) is 0 Å². The van der Waals surface area contributed by atoms with Crippen LogP contribution in [0.25, 0.3) is 6.08 Å². The first-order chi connectivity index (χ1) is 11.5. The predicted molar refractivity (Wildman–Crippen MR) is 91.2 cm³/mol. The molecule has 2 aromatic carbocycles. The molecule has 1 amide bonds. The molecule has 2 rings (SSSR count). The average molecular weight is 348 g/mol. The van der Waals surface area contributed by atoms with Crippen LogP contribution in [0.2, 0.25) is 5.02 Å². The van der Waals surface area contributed by atoms with E-state index in [0.717, 1.165) is 11.6 Å². The van der Waals surface area contributed by atoms with Gasteiger partial charge in [-0.2, -0.15) is 0 Å². The molecule has 0 aliphatic rings. The summed E-state index contributed by atoms with van der Waals surface area (Å²) < 4.78 is 18.4. The van der Waals surface area contributed by atoms with Crippen LogP contribution in [0.4, 0.5) is 10.1 Å². The van der Waals surface area contributed by atoms with Crippen LogP contribution >= 0.6 is 11.6 Å². The number of halogens is 2. The fourth-order valence-corrected chi connectivity index (χ4v) is 2.13. The number of amides is 1. The lowest BCUT2D eigenvalue weighted by molar-refractivity contribution is -0.142. The van der Waals surface area contributed by atoms with Gasteiger partial charge in [-0.3, -0.25) is 4.79 Å². The standard InChI is InChI=1S/C18H15ClFNO3/c1-12-5-2-3-8-16(12)21-17(22)11-24-18(23)10-9-13-14(19)6-4-7-15(13)20/h2-10H,11H2,1H3,(H,21,22). The number of benzene rings is 2. The second-order valence-corrected chi connectivity index (χ2v) is 5.35. The number of carbonyl (C=O) groups excluding carboxylic acids is 2. The highest BCUT2D eigenvalue weighted by molar-refractivity contribution is 6.32. The Labute approximate surface area is 143 Å². The molecule has 0 heterocycles. The molecule has 0 unspecified atom stereocenters. The Balaban J connectivity index is 1.88. The molecule has 0 atom stereocenters. The van der Waals surface area contributed by atoms with E-state index in [0.29, 0.717) is 5.69 Å². The van der Waals surface area contributed by atoms with Gasteiger partial charge >= 0.3 is 5.97 Å². The van der Waals surface area contributed by atoms with Gasteiger partial charge in [0.05, 0.1) is 5.02 Å². The highest BCUT2D eigenvalue weighted by atomic mass is 35.5. The molecule has 0 aliphatic carbocycles. The molecule has 0 aromatic heterocycles. The monoisotopic (exact) mass is 347 g/mol. The van der Waals surface area contributed by atoms with Crippen molar-refractivity contribution in [3.63, 3.8) is 0 Å². The molecule has 1 N–H and O–H groups in total. The summed E-state index contributed by atoms with van der Waals surface area (Å²) in [5.41, 5.74) is 1.62. The number of rotatable bonds is 5. The molecule has 2 aromatic rings. The molecule has 0 radical (unpaired) electrons. The molecule has 6 heteroatoms. The van der Waals surface area contributed by atoms with Gasteiger partial charge in [-0.25, -0.2) is 9.18 Å². The summed E-state index contributed by atoms with van der Waals surface area (Å²) in [5.74, 6) is -1.78. The third-order valence-corrected chi connectivity index (χ3v) is 3.48. The molecule has 0 spiro atoms. The largest absolute Gasteiger partial charge is 0.452 e. The number of hydrogen-bond donors (Lipinski definition) is 1. The molecule has 0 fully saturated rings. The summed E-state index contributed by atoms with van der Waals surface area (Å²) in [7, 11) is 0. The first-order valence-corrected chi connectivity index (χ1v) is 7.49. The average Bonchev–Trinajstić information content (AvgIpc) is 2.54. The van der Waals surface area contributed by atoms with Crippen molar-refractivity contribution in [2.24, 2.45) is 0 Å². The van der Waals surface area contributed by atoms with Gasteiger partial charge in [0.15, 0.2) is 6.61 Å². The third kappa shape index (κ3) is 4.93. The lowest BCUT2D eigenvalue weighted by atomic mass is 10.2. The molecule has 0 bridgehead atoms. The van der Waals surface area contributed by atoms with Gasteiger partial charge in [-0.05, 0) is 36.8 Å². The van der Waals surface area contributed by atoms with Crippen LogP contribution in [-0.2, 0) is 14.3 Å². The van der Waals surface area contributed by atoms with Gasteiger partial charge in [0.25, 0.3) is 5.91 Å². The molecular formula is C18H15ClFNO3. The Morgan fingerprint density at radius 2 is 1.96 bits per heavy atom. The normalized spacial score (nSPS) is 10.6. The van der Waals surface area contributed by atoms with E-state index in [1.54, 1.807) is 12.1 Å². The Bertz CT molecular complexity index is 769. The van der Waals surface area contributed by atoms with Crippen molar-refractivity contribution < 1.29 is 18.7 Å². The van der Waals surface area contributed by atoms with Gasteiger partial charge < -0.3 is 10.1 Å². The molecule has 124 valence electrons. The second kappa shape index (κ2) is 8.26. The maximum Gasteiger partial charge on any atom is 0.331 e. The first-order valence-electron chi connectivity index (χ1n) is 7.11. The lowest BCUT2D eigenvalue weighted by Crippen LogP contribution is -2.20. The molecule has 4 nitrogen and oxygen atoms in total. The van der Waals surface area contributed by atoms with E-state index >= 15 is 0 Å². The fraction of sp³-hybridized carbons (Fsp3) is 0.111. The fourth-order valence-electron chi connectivity index (χ4n) is 1.91. The highest BCUT2D eigenvalue weighted by Crippen LogP contribution is 2.20. The van der Waals surface area contributed by atoms with E-state index < -0.39 is 24.3 Å². The van der Waals surface area contributed by atoms with Crippen molar-refractivity contribution in [2.45, 2.75) is 6.92 Å². The Kier molecular flexibility index (Phi) is 6.09. The number of nitrogens with one attached hydrogen (secondary N) is 1. The van der Waals surface area contributed by atoms with E-state index in [2.05, 4.69) is 5.32 Å². The number of anilines is 1. The SMILES string of the molecule is Cc1ccccc1NC(=O)COC(=O)C=Cc1c(F)cccc1Cl. The van der Waals surface area contributed by atoms with Crippen LogP contribution in [0.1, 0.15) is 11.1 Å². The van der Waals surface area contributed by atoms with E-state index in [-0.39, 0.29) is 10.6 Å². The zero-order valence-corrected chi connectivity index (χ0v) is 13.6. The van der Waals surface area contributed by atoms with Crippen LogP contribution < -0.4 is 5.32 Å². The van der Waals surface area contributed by atoms with Crippen molar-refractivity contribution in [2.75, 3.05) is 11.9 Å². The minimum absolute atomic E-state index is 0.0838. The van der Waals surface area contributed by atoms with Crippen LogP contribution in [-0.4, -0.2) is 18.5 Å². The summed E-state index contributed by atoms with van der Waals surface area (Å²) in [5, 5.41) is 2.81. The Morgan fingerprint density at radius 1 is 1.21 bits per heavy atom. The molecule has 0 saturated carbocycles. The van der Waals surface area contributed by atoms with E-state index in [4.69, 9.17) is 16.3 Å². The maximum absolute atomic E-state index is 13.5. The summed E-state index contributed by atoms with van der Waals surface area (Å²) in [4.78, 5) is 23.4. The quantitative estimate of drug-likeness (QED) is 0.657. The smallest absolute Gasteiger partial charge is 0.331 e. The van der Waals surface area contributed by atoms with E-state index in [1.165, 1.54) is 24.3 Å². The lowest BCUT2D eigenvalue weighted by Gasteiger charge is -2.07. The van der Waals surface area contributed by atoms with Gasteiger partial charge in [0, 0.05) is 17.3 Å². The van der Waals surface area contributed by atoms with Gasteiger partial charge in [0.1, 0.15) is 5.82 Å². The minimum Gasteiger partial charge on any atom is -0.452 e. The van der Waals surface area contributed by atoms with Gasteiger partial charge in [0.2, 0.25) is 0 Å². The van der Waals surface area contributed by atoms with Crippen molar-refractivity contribution in [3.8, 4) is 0 Å². The van der Waals surface area contributed by atoms with Gasteiger partial charge in [-0.1, -0.05) is 35.9 Å². The van der Waals surface area contributed by atoms with Crippen molar-refractivity contribution >= 4 is 35.2 Å². The number of carbonyl (C=O) groups is 2. The zero-order valence-electron chi connectivity index (χ0n) is 12.9. The molecule has 0 saturated heterocycles. The summed E-state index contributed by atoms with van der Waals surface area (Å²) in [6.45, 7) is 1.41. The number of ether oxygens (including phenoxy) is 1. The Morgan fingerprint density at radius 3 is 2.67 bits per heavy atom. The maximum atomic E-state index is 13.5.